The molecule has 1 saturated heterocycles. The summed E-state index contributed by atoms with van der Waals surface area (Å²) in [5, 5.41) is 3.46. The third kappa shape index (κ3) is 5.87. The molecule has 1 N–H and O–H groups in total. The highest BCUT2D eigenvalue weighted by Crippen LogP contribution is 2.19. The van der Waals surface area contributed by atoms with Crippen LogP contribution in [0.25, 0.3) is 0 Å². The van der Waals surface area contributed by atoms with Crippen LogP contribution in [0.3, 0.4) is 0 Å². The van der Waals surface area contributed by atoms with Gasteiger partial charge in [0.1, 0.15) is 5.82 Å². The van der Waals surface area contributed by atoms with Crippen LogP contribution < -0.4 is 5.32 Å². The zero-order valence-electron chi connectivity index (χ0n) is 15.2. The van der Waals surface area contributed by atoms with E-state index >= 15 is 0 Å². The van der Waals surface area contributed by atoms with Crippen LogP contribution in [0.1, 0.15) is 6.42 Å². The summed E-state index contributed by atoms with van der Waals surface area (Å²) in [5.41, 5.74) is 0.683. The standard InChI is InChI=1S/C20H21ClFN3O2S/c21-15-2-6-17(7-3-15)23-20(27)25-11-1-10-24(12-13-25)19(26)14-28-18-8-4-16(22)5-9-18/h2-9H,1,10-14H2,(H,23,27). The first-order chi connectivity index (χ1) is 13.5. The first-order valence-electron chi connectivity index (χ1n) is 8.99. The Kier molecular flexibility index (Phi) is 7.17. The summed E-state index contributed by atoms with van der Waals surface area (Å²) in [7, 11) is 0. The summed E-state index contributed by atoms with van der Waals surface area (Å²) in [5.74, 6) is 0.0252. The molecule has 0 radical (unpaired) electrons. The molecule has 28 heavy (non-hydrogen) atoms. The fourth-order valence-corrected chi connectivity index (χ4v) is 3.80. The molecule has 5 nitrogen and oxygen atoms in total. The van der Waals surface area contributed by atoms with E-state index in [9.17, 15) is 14.0 Å². The number of thioether (sulfide) groups is 1. The minimum atomic E-state index is -0.292. The Labute approximate surface area is 172 Å². The Morgan fingerprint density at radius 2 is 1.61 bits per heavy atom. The van der Waals surface area contributed by atoms with Crippen LogP contribution in [0, 0.1) is 5.82 Å². The number of carbonyl (C=O) groups is 2. The lowest BCUT2D eigenvalue weighted by Crippen LogP contribution is -2.39. The van der Waals surface area contributed by atoms with Gasteiger partial charge in [-0.05, 0) is 55.0 Å². The van der Waals surface area contributed by atoms with Crippen molar-refractivity contribution < 1.29 is 14.0 Å². The molecule has 2 aromatic rings. The van der Waals surface area contributed by atoms with Crippen LogP contribution in [0.5, 0.6) is 0 Å². The average molecular weight is 422 g/mol. The van der Waals surface area contributed by atoms with Gasteiger partial charge in [-0.3, -0.25) is 4.79 Å². The van der Waals surface area contributed by atoms with Gasteiger partial charge >= 0.3 is 6.03 Å². The lowest BCUT2D eigenvalue weighted by molar-refractivity contribution is -0.128. The summed E-state index contributed by atoms with van der Waals surface area (Å²) in [6.07, 6.45) is 0.723. The van der Waals surface area contributed by atoms with Crippen molar-refractivity contribution in [1.82, 2.24) is 9.80 Å². The quantitative estimate of drug-likeness (QED) is 0.747. The van der Waals surface area contributed by atoms with E-state index in [1.54, 1.807) is 46.2 Å². The number of benzene rings is 2. The minimum absolute atomic E-state index is 0.0225. The molecule has 1 fully saturated rings. The minimum Gasteiger partial charge on any atom is -0.340 e. The number of carbonyl (C=O) groups excluding carboxylic acids is 2. The number of urea groups is 1. The summed E-state index contributed by atoms with van der Waals surface area (Å²) in [4.78, 5) is 29.3. The van der Waals surface area contributed by atoms with Crippen molar-refractivity contribution in [3.63, 3.8) is 0 Å². The molecular formula is C20H21ClFN3O2S. The zero-order chi connectivity index (χ0) is 19.9. The molecule has 0 bridgehead atoms. The Morgan fingerprint density at radius 3 is 2.32 bits per heavy atom. The van der Waals surface area contributed by atoms with Gasteiger partial charge in [-0.2, -0.15) is 0 Å². The molecule has 148 valence electrons. The fourth-order valence-electron chi connectivity index (χ4n) is 2.87. The molecule has 0 spiro atoms. The van der Waals surface area contributed by atoms with Crippen LogP contribution in [0.4, 0.5) is 14.9 Å². The molecule has 2 aromatic carbocycles. The zero-order valence-corrected chi connectivity index (χ0v) is 16.8. The first-order valence-corrected chi connectivity index (χ1v) is 10.4. The summed E-state index contributed by atoms with van der Waals surface area (Å²) >= 11 is 7.24. The van der Waals surface area contributed by atoms with E-state index in [4.69, 9.17) is 11.6 Å². The van der Waals surface area contributed by atoms with Gasteiger partial charge in [-0.1, -0.05) is 11.6 Å². The van der Waals surface area contributed by atoms with Gasteiger partial charge in [0.25, 0.3) is 0 Å². The van der Waals surface area contributed by atoms with Crippen molar-refractivity contribution in [2.45, 2.75) is 11.3 Å². The summed E-state index contributed by atoms with van der Waals surface area (Å²) in [6, 6.07) is 12.9. The number of rotatable bonds is 4. The number of anilines is 1. The van der Waals surface area contributed by atoms with Crippen LogP contribution in [-0.2, 0) is 4.79 Å². The van der Waals surface area contributed by atoms with Crippen molar-refractivity contribution in [3.05, 3.63) is 59.4 Å². The topological polar surface area (TPSA) is 52.7 Å². The maximum atomic E-state index is 13.0. The largest absolute Gasteiger partial charge is 0.340 e. The number of nitrogens with one attached hydrogen (secondary N) is 1. The SMILES string of the molecule is O=C(CSc1ccc(F)cc1)N1CCCN(C(=O)Nc2ccc(Cl)cc2)CC1. The number of hydrogen-bond donors (Lipinski definition) is 1. The maximum absolute atomic E-state index is 13.0. The molecule has 0 aromatic heterocycles. The Morgan fingerprint density at radius 1 is 0.964 bits per heavy atom. The van der Waals surface area contributed by atoms with Crippen molar-refractivity contribution in [1.29, 1.82) is 0 Å². The van der Waals surface area contributed by atoms with Crippen LogP contribution in [-0.4, -0.2) is 53.7 Å². The highest BCUT2D eigenvalue weighted by molar-refractivity contribution is 8.00. The first kappa shape index (κ1) is 20.5. The normalized spacial score (nSPS) is 14.5. The predicted molar refractivity (Wildman–Crippen MR) is 110 cm³/mol. The van der Waals surface area contributed by atoms with Crippen molar-refractivity contribution >= 4 is 41.0 Å². The van der Waals surface area contributed by atoms with Gasteiger partial charge in [0.05, 0.1) is 5.75 Å². The number of hydrogen-bond acceptors (Lipinski definition) is 3. The molecule has 0 atom stereocenters. The Bertz CT molecular complexity index is 817. The summed E-state index contributed by atoms with van der Waals surface area (Å²) in [6.45, 7) is 2.19. The maximum Gasteiger partial charge on any atom is 0.321 e. The van der Waals surface area contributed by atoms with E-state index in [1.807, 2.05) is 0 Å². The molecule has 8 heteroatoms. The third-order valence-corrected chi connectivity index (χ3v) is 5.66. The van der Waals surface area contributed by atoms with Crippen LogP contribution in [0.2, 0.25) is 5.02 Å². The van der Waals surface area contributed by atoms with Crippen molar-refractivity contribution in [2.75, 3.05) is 37.2 Å². The van der Waals surface area contributed by atoms with Gasteiger partial charge in [0, 0.05) is 41.8 Å². The Hall–Kier alpha value is -2.25. The molecular weight excluding hydrogens is 401 g/mol. The van der Waals surface area contributed by atoms with Gasteiger partial charge in [-0.15, -0.1) is 11.8 Å². The molecule has 1 aliphatic rings. The monoisotopic (exact) mass is 421 g/mol. The molecule has 1 heterocycles. The summed E-state index contributed by atoms with van der Waals surface area (Å²) < 4.78 is 13.0. The fraction of sp³-hybridized carbons (Fsp3) is 0.300. The molecule has 0 saturated carbocycles. The highest BCUT2D eigenvalue weighted by atomic mass is 35.5. The molecule has 0 aliphatic carbocycles. The van der Waals surface area contributed by atoms with E-state index in [1.165, 1.54) is 23.9 Å². The van der Waals surface area contributed by atoms with E-state index in [2.05, 4.69) is 5.32 Å². The number of amides is 3. The predicted octanol–water partition coefficient (Wildman–Crippen LogP) is 4.34. The van der Waals surface area contributed by atoms with E-state index in [0.29, 0.717) is 42.6 Å². The number of halogens is 2. The lowest BCUT2D eigenvalue weighted by Gasteiger charge is -2.22. The van der Waals surface area contributed by atoms with E-state index < -0.39 is 0 Å². The molecule has 1 aliphatic heterocycles. The second-order valence-electron chi connectivity index (χ2n) is 6.40. The van der Waals surface area contributed by atoms with Crippen LogP contribution in [0.15, 0.2) is 53.4 Å². The van der Waals surface area contributed by atoms with E-state index in [0.717, 1.165) is 11.3 Å². The second-order valence-corrected chi connectivity index (χ2v) is 7.89. The van der Waals surface area contributed by atoms with E-state index in [-0.39, 0.29) is 17.8 Å². The smallest absolute Gasteiger partial charge is 0.321 e. The van der Waals surface area contributed by atoms with Crippen molar-refractivity contribution in [2.24, 2.45) is 0 Å². The van der Waals surface area contributed by atoms with Gasteiger partial charge in [-0.25, -0.2) is 9.18 Å². The van der Waals surface area contributed by atoms with Gasteiger partial charge in [0.15, 0.2) is 0 Å². The highest BCUT2D eigenvalue weighted by Gasteiger charge is 2.22. The average Bonchev–Trinajstić information content (AvgIpc) is 2.95. The molecule has 0 unspecified atom stereocenters. The van der Waals surface area contributed by atoms with Crippen molar-refractivity contribution in [3.8, 4) is 0 Å². The molecule has 3 amide bonds. The number of nitrogens with zero attached hydrogens (tertiary/aromatic N) is 2. The lowest BCUT2D eigenvalue weighted by atomic mass is 10.3. The third-order valence-electron chi connectivity index (χ3n) is 4.41. The van der Waals surface area contributed by atoms with Crippen LogP contribution >= 0.6 is 23.4 Å². The van der Waals surface area contributed by atoms with Gasteiger partial charge < -0.3 is 15.1 Å². The Balaban J connectivity index is 1.48. The second kappa shape index (κ2) is 9.80. The van der Waals surface area contributed by atoms with Gasteiger partial charge in [0.2, 0.25) is 5.91 Å². The molecule has 3 rings (SSSR count).